The van der Waals surface area contributed by atoms with E-state index in [1.54, 1.807) is 0 Å². The number of hydrogen-bond acceptors (Lipinski definition) is 3. The molecule has 1 unspecified atom stereocenters. The molecule has 30 heavy (non-hydrogen) atoms. The fraction of sp³-hybridized carbons (Fsp3) is 0.522. The Hall–Kier alpha value is -2.83. The highest BCUT2D eigenvalue weighted by Crippen LogP contribution is 2.33. The van der Waals surface area contributed by atoms with Gasteiger partial charge in [0.2, 0.25) is 0 Å². The molecule has 160 valence electrons. The van der Waals surface area contributed by atoms with Crippen molar-refractivity contribution in [3.63, 3.8) is 0 Å². The first-order valence-corrected chi connectivity index (χ1v) is 10.7. The molecule has 0 spiro atoms. The molecule has 7 nitrogen and oxygen atoms in total. The summed E-state index contributed by atoms with van der Waals surface area (Å²) < 4.78 is 1.91. The van der Waals surface area contributed by atoms with Gasteiger partial charge in [-0.1, -0.05) is 32.9 Å². The smallest absolute Gasteiger partial charge is 0.323 e. The van der Waals surface area contributed by atoms with Crippen molar-refractivity contribution in [1.82, 2.24) is 24.6 Å². The molecule has 1 aliphatic rings. The lowest BCUT2D eigenvalue weighted by molar-refractivity contribution is 0.204. The molecular formula is C23H32N6O. The second-order valence-electron chi connectivity index (χ2n) is 10.2. The number of H-pyrrole nitrogens is 1. The zero-order chi connectivity index (χ0) is 21.7. The summed E-state index contributed by atoms with van der Waals surface area (Å²) in [5.41, 5.74) is 2.55. The summed E-state index contributed by atoms with van der Waals surface area (Å²) in [5.74, 6) is 1.58. The Morgan fingerprint density at radius 1 is 1.17 bits per heavy atom. The number of rotatable bonds is 2. The zero-order valence-corrected chi connectivity index (χ0v) is 18.8. The van der Waals surface area contributed by atoms with Crippen molar-refractivity contribution in [2.45, 2.75) is 71.4 Å². The number of urea groups is 1. The van der Waals surface area contributed by atoms with Gasteiger partial charge in [-0.25, -0.2) is 14.5 Å². The number of para-hydroxylation sites is 2. The molecule has 1 aromatic carbocycles. The molecule has 2 N–H and O–H groups in total. The lowest BCUT2D eigenvalue weighted by atomic mass is 9.92. The molecule has 1 fully saturated rings. The van der Waals surface area contributed by atoms with Crippen LogP contribution in [0.5, 0.6) is 0 Å². The second-order valence-corrected chi connectivity index (χ2v) is 10.2. The van der Waals surface area contributed by atoms with Gasteiger partial charge in [-0.15, -0.1) is 0 Å². The summed E-state index contributed by atoms with van der Waals surface area (Å²) in [6, 6.07) is 9.81. The van der Waals surface area contributed by atoms with E-state index in [4.69, 9.17) is 10.1 Å². The molecule has 3 heterocycles. The molecule has 1 saturated heterocycles. The van der Waals surface area contributed by atoms with E-state index in [1.165, 1.54) is 0 Å². The summed E-state index contributed by atoms with van der Waals surface area (Å²) >= 11 is 0. The topological polar surface area (TPSA) is 78.8 Å². The van der Waals surface area contributed by atoms with Crippen molar-refractivity contribution in [1.29, 1.82) is 0 Å². The van der Waals surface area contributed by atoms with Crippen LogP contribution in [0.2, 0.25) is 0 Å². The minimum absolute atomic E-state index is 0.0505. The zero-order valence-electron chi connectivity index (χ0n) is 18.8. The lowest BCUT2D eigenvalue weighted by Gasteiger charge is -2.26. The fourth-order valence-electron chi connectivity index (χ4n) is 3.95. The highest BCUT2D eigenvalue weighted by Gasteiger charge is 2.34. The molecular weight excluding hydrogens is 376 g/mol. The first-order valence-electron chi connectivity index (χ1n) is 10.7. The molecule has 0 radical (unpaired) electrons. The Labute approximate surface area is 177 Å². The van der Waals surface area contributed by atoms with E-state index in [2.05, 4.69) is 51.8 Å². The van der Waals surface area contributed by atoms with Gasteiger partial charge in [-0.2, -0.15) is 5.10 Å². The van der Waals surface area contributed by atoms with Crippen molar-refractivity contribution in [3.05, 3.63) is 41.9 Å². The van der Waals surface area contributed by atoms with Crippen molar-refractivity contribution in [2.75, 3.05) is 11.9 Å². The van der Waals surface area contributed by atoms with Crippen molar-refractivity contribution in [2.24, 2.45) is 0 Å². The minimum atomic E-state index is -0.241. The maximum absolute atomic E-state index is 13.3. The first kappa shape index (κ1) is 20.4. The highest BCUT2D eigenvalue weighted by molar-refractivity contribution is 5.89. The highest BCUT2D eigenvalue weighted by atomic mass is 16.2. The van der Waals surface area contributed by atoms with Crippen LogP contribution in [0.4, 0.5) is 10.6 Å². The number of aromatic nitrogens is 4. The van der Waals surface area contributed by atoms with Crippen molar-refractivity contribution in [3.8, 4) is 0 Å². The largest absolute Gasteiger partial charge is 0.340 e. The van der Waals surface area contributed by atoms with Gasteiger partial charge in [-0.3, -0.25) is 5.32 Å². The van der Waals surface area contributed by atoms with Crippen LogP contribution in [0.15, 0.2) is 30.3 Å². The van der Waals surface area contributed by atoms with E-state index in [-0.39, 0.29) is 23.0 Å². The number of likely N-dealkylation sites (tertiary alicyclic amines) is 1. The summed E-state index contributed by atoms with van der Waals surface area (Å²) in [4.78, 5) is 23.3. The van der Waals surface area contributed by atoms with Gasteiger partial charge in [0, 0.05) is 18.0 Å². The summed E-state index contributed by atoms with van der Waals surface area (Å²) in [5, 5.41) is 7.93. The van der Waals surface area contributed by atoms with Gasteiger partial charge in [0.25, 0.3) is 0 Å². The van der Waals surface area contributed by atoms with Crippen LogP contribution in [0, 0.1) is 0 Å². The molecule has 7 heteroatoms. The quantitative estimate of drug-likeness (QED) is 0.613. The molecule has 4 rings (SSSR count). The predicted molar refractivity (Wildman–Crippen MR) is 120 cm³/mol. The normalized spacial score (nSPS) is 17.7. The molecule has 0 aliphatic carbocycles. The number of hydrogen-bond donors (Lipinski definition) is 2. The number of anilines is 1. The lowest BCUT2D eigenvalue weighted by Crippen LogP contribution is -2.36. The number of imidazole rings is 1. The second kappa shape index (κ2) is 7.15. The predicted octanol–water partition coefficient (Wildman–Crippen LogP) is 5.18. The molecule has 2 amide bonds. The maximum Gasteiger partial charge on any atom is 0.323 e. The van der Waals surface area contributed by atoms with Crippen molar-refractivity contribution >= 4 is 22.9 Å². The molecule has 3 aromatic rings. The summed E-state index contributed by atoms with van der Waals surface area (Å²) in [7, 11) is 0. The van der Waals surface area contributed by atoms with Crippen LogP contribution in [-0.4, -0.2) is 37.2 Å². The fourth-order valence-corrected chi connectivity index (χ4v) is 3.95. The van der Waals surface area contributed by atoms with E-state index >= 15 is 0 Å². The van der Waals surface area contributed by atoms with E-state index in [0.717, 1.165) is 41.2 Å². The van der Waals surface area contributed by atoms with Gasteiger partial charge in [-0.05, 0) is 45.7 Å². The van der Waals surface area contributed by atoms with Crippen LogP contribution in [0.25, 0.3) is 11.0 Å². The monoisotopic (exact) mass is 408 g/mol. The Bertz CT molecular complexity index is 1030. The van der Waals surface area contributed by atoms with Gasteiger partial charge in [0.15, 0.2) is 0 Å². The number of carbonyl (C=O) groups is 1. The van der Waals surface area contributed by atoms with E-state index in [0.29, 0.717) is 6.54 Å². The van der Waals surface area contributed by atoms with Gasteiger partial charge < -0.3 is 9.88 Å². The SMILES string of the molecule is CC(C)(C)c1cc(NC(=O)N2CCCC2c2nc3ccccc3[nH]2)n(C(C)(C)C)n1. The average Bonchev–Trinajstić information content (AvgIpc) is 3.37. The third-order valence-electron chi connectivity index (χ3n) is 5.59. The summed E-state index contributed by atoms with van der Waals surface area (Å²) in [6.45, 7) is 13.4. The Morgan fingerprint density at radius 3 is 2.57 bits per heavy atom. The van der Waals surface area contributed by atoms with Crippen LogP contribution in [0.1, 0.15) is 71.9 Å². The summed E-state index contributed by atoms with van der Waals surface area (Å²) in [6.07, 6.45) is 1.86. The molecule has 2 aromatic heterocycles. The minimum Gasteiger partial charge on any atom is -0.340 e. The molecule has 0 saturated carbocycles. The van der Waals surface area contributed by atoms with E-state index in [1.807, 2.05) is 39.9 Å². The number of nitrogens with one attached hydrogen (secondary N) is 2. The van der Waals surface area contributed by atoms with Gasteiger partial charge >= 0.3 is 6.03 Å². The Balaban J connectivity index is 1.61. The van der Waals surface area contributed by atoms with Gasteiger partial charge in [0.05, 0.1) is 28.3 Å². The van der Waals surface area contributed by atoms with Crippen LogP contribution >= 0.6 is 0 Å². The number of amides is 2. The van der Waals surface area contributed by atoms with Crippen LogP contribution < -0.4 is 5.32 Å². The Kier molecular flexibility index (Phi) is 4.87. The number of fused-ring (bicyclic) bond motifs is 1. The van der Waals surface area contributed by atoms with E-state index in [9.17, 15) is 4.79 Å². The van der Waals surface area contributed by atoms with Crippen LogP contribution in [0.3, 0.4) is 0 Å². The average molecular weight is 409 g/mol. The third kappa shape index (κ3) is 3.80. The molecule has 1 aliphatic heterocycles. The van der Waals surface area contributed by atoms with Crippen LogP contribution in [-0.2, 0) is 11.0 Å². The number of nitrogens with zero attached hydrogens (tertiary/aromatic N) is 4. The maximum atomic E-state index is 13.3. The van der Waals surface area contributed by atoms with Gasteiger partial charge in [0.1, 0.15) is 11.6 Å². The molecule has 0 bridgehead atoms. The number of benzene rings is 1. The number of carbonyl (C=O) groups excluding carboxylic acids is 1. The standard InChI is InChI=1S/C23H32N6O/c1-22(2,3)18-14-19(29(27-18)23(4,5)6)26-21(30)28-13-9-12-17(28)20-24-15-10-7-8-11-16(15)25-20/h7-8,10-11,14,17H,9,12-13H2,1-6H3,(H,24,25)(H,26,30). The Morgan fingerprint density at radius 2 is 1.90 bits per heavy atom. The number of aromatic amines is 1. The third-order valence-corrected chi connectivity index (χ3v) is 5.59. The first-order chi connectivity index (χ1) is 14.0. The molecule has 1 atom stereocenters. The van der Waals surface area contributed by atoms with Crippen molar-refractivity contribution < 1.29 is 4.79 Å². The van der Waals surface area contributed by atoms with E-state index < -0.39 is 0 Å².